The first-order valence-electron chi connectivity index (χ1n) is 8.98. The minimum absolute atomic E-state index is 0.0636. The fourth-order valence-electron chi connectivity index (χ4n) is 1.74. The van der Waals surface area contributed by atoms with Gasteiger partial charge in [-0.2, -0.15) is 0 Å². The van der Waals surface area contributed by atoms with Crippen molar-refractivity contribution in [1.29, 1.82) is 0 Å². The van der Waals surface area contributed by atoms with Crippen molar-refractivity contribution in [2.45, 2.75) is 45.3 Å². The number of carbonyl (C=O) groups is 5. The van der Waals surface area contributed by atoms with Gasteiger partial charge in [-0.1, -0.05) is 13.2 Å². The van der Waals surface area contributed by atoms with Crippen LogP contribution in [0.2, 0.25) is 0 Å². The van der Waals surface area contributed by atoms with E-state index in [0.717, 1.165) is 0 Å². The third-order valence-corrected chi connectivity index (χ3v) is 3.30. The van der Waals surface area contributed by atoms with Crippen molar-refractivity contribution in [3.8, 4) is 0 Å². The van der Waals surface area contributed by atoms with E-state index in [1.54, 1.807) is 0 Å². The molecular formula is C19H26O11. The summed E-state index contributed by atoms with van der Waals surface area (Å²) < 4.78 is 18.7. The lowest BCUT2D eigenvalue weighted by molar-refractivity contribution is -0.190. The summed E-state index contributed by atoms with van der Waals surface area (Å²) >= 11 is 0. The number of carboxylic acids is 1. The third kappa shape index (κ3) is 13.0. The van der Waals surface area contributed by atoms with Crippen molar-refractivity contribution in [2.75, 3.05) is 19.8 Å². The lowest BCUT2D eigenvalue weighted by Gasteiger charge is -2.11. The topological polar surface area (TPSA) is 163 Å². The van der Waals surface area contributed by atoms with Crippen molar-refractivity contribution in [2.24, 2.45) is 0 Å². The van der Waals surface area contributed by atoms with E-state index >= 15 is 0 Å². The number of hydrogen-bond donors (Lipinski definition) is 2. The number of unbranched alkanes of at least 4 members (excludes halogenated alkanes) is 2. The number of ether oxygens (including phenoxy) is 4. The highest BCUT2D eigenvalue weighted by atomic mass is 16.7. The smallest absolute Gasteiger partial charge is 0.376 e. The van der Waals surface area contributed by atoms with Gasteiger partial charge in [0.1, 0.15) is 13.2 Å². The van der Waals surface area contributed by atoms with Gasteiger partial charge in [0.05, 0.1) is 13.0 Å². The van der Waals surface area contributed by atoms with Crippen LogP contribution in [0.5, 0.6) is 0 Å². The van der Waals surface area contributed by atoms with Crippen LogP contribution in [-0.4, -0.2) is 66.2 Å². The average Bonchev–Trinajstić information content (AvgIpc) is 2.66. The maximum absolute atomic E-state index is 11.5. The van der Waals surface area contributed by atoms with E-state index in [1.165, 1.54) is 6.92 Å². The van der Waals surface area contributed by atoms with Crippen molar-refractivity contribution in [3.63, 3.8) is 0 Å². The highest BCUT2D eigenvalue weighted by Crippen LogP contribution is 2.05. The molecule has 0 aliphatic heterocycles. The van der Waals surface area contributed by atoms with Crippen LogP contribution < -0.4 is 0 Å². The van der Waals surface area contributed by atoms with Crippen molar-refractivity contribution in [3.05, 3.63) is 24.3 Å². The van der Waals surface area contributed by atoms with E-state index < -0.39 is 48.1 Å². The molecule has 0 bridgehead atoms. The van der Waals surface area contributed by atoms with Crippen LogP contribution in [0.4, 0.5) is 0 Å². The van der Waals surface area contributed by atoms with Gasteiger partial charge in [0, 0.05) is 17.6 Å². The van der Waals surface area contributed by atoms with Gasteiger partial charge in [-0.05, 0) is 26.2 Å². The molecule has 0 aliphatic rings. The molecule has 0 heterocycles. The van der Waals surface area contributed by atoms with Gasteiger partial charge >= 0.3 is 29.8 Å². The van der Waals surface area contributed by atoms with Crippen LogP contribution in [-0.2, 0) is 42.9 Å². The Labute approximate surface area is 173 Å². The average molecular weight is 430 g/mol. The van der Waals surface area contributed by atoms with Gasteiger partial charge in [0.25, 0.3) is 6.29 Å². The van der Waals surface area contributed by atoms with E-state index in [1.807, 2.05) is 0 Å². The summed E-state index contributed by atoms with van der Waals surface area (Å²) in [6.07, 6.45) is -1.39. The molecule has 0 rings (SSSR count). The summed E-state index contributed by atoms with van der Waals surface area (Å²) in [7, 11) is 0. The normalized spacial score (nSPS) is 11.0. The lowest BCUT2D eigenvalue weighted by atomic mass is 10.2. The maximum atomic E-state index is 11.5. The molecule has 0 amide bonds. The zero-order valence-electron chi connectivity index (χ0n) is 16.7. The van der Waals surface area contributed by atoms with E-state index in [4.69, 9.17) is 19.3 Å². The molecule has 0 saturated heterocycles. The number of hydrogen-bond acceptors (Lipinski definition) is 10. The van der Waals surface area contributed by atoms with Crippen LogP contribution in [0.1, 0.15) is 39.0 Å². The van der Waals surface area contributed by atoms with E-state index in [2.05, 4.69) is 17.9 Å². The second-order valence-electron chi connectivity index (χ2n) is 6.04. The van der Waals surface area contributed by atoms with Crippen LogP contribution >= 0.6 is 0 Å². The van der Waals surface area contributed by atoms with Gasteiger partial charge < -0.3 is 29.2 Å². The lowest BCUT2D eigenvalue weighted by Crippen LogP contribution is -2.29. The molecule has 0 aromatic carbocycles. The molecule has 0 spiro atoms. The highest BCUT2D eigenvalue weighted by molar-refractivity contribution is 5.92. The summed E-state index contributed by atoms with van der Waals surface area (Å²) in [5.74, 6) is -4.78. The summed E-state index contributed by atoms with van der Waals surface area (Å²) in [5.41, 5.74) is -0.205. The molecule has 1 atom stereocenters. The van der Waals surface area contributed by atoms with Crippen molar-refractivity contribution >= 4 is 29.8 Å². The second-order valence-corrected chi connectivity index (χ2v) is 6.04. The van der Waals surface area contributed by atoms with E-state index in [0.29, 0.717) is 19.3 Å². The number of carbonyl (C=O) groups excluding carboxylic acids is 4. The fraction of sp³-hybridized carbons (Fsp3) is 0.526. The Morgan fingerprint density at radius 3 is 2.10 bits per heavy atom. The number of aliphatic hydroxyl groups is 1. The predicted molar refractivity (Wildman–Crippen MR) is 99.7 cm³/mol. The minimum atomic E-state index is -2.17. The molecule has 0 aliphatic carbocycles. The zero-order chi connectivity index (χ0) is 23.1. The van der Waals surface area contributed by atoms with Gasteiger partial charge in [0.2, 0.25) is 0 Å². The van der Waals surface area contributed by atoms with Gasteiger partial charge in [0.15, 0.2) is 0 Å². The Hall–Kier alpha value is -3.21. The first-order valence-corrected chi connectivity index (χ1v) is 8.98. The number of aliphatic hydroxyl groups excluding tert-OH is 1. The summed E-state index contributed by atoms with van der Waals surface area (Å²) in [4.78, 5) is 55.9. The molecule has 0 aromatic heterocycles. The highest BCUT2D eigenvalue weighted by Gasteiger charge is 2.22. The fourth-order valence-corrected chi connectivity index (χ4v) is 1.74. The second kappa shape index (κ2) is 14.7. The zero-order valence-corrected chi connectivity index (χ0v) is 16.7. The molecule has 11 nitrogen and oxygen atoms in total. The summed E-state index contributed by atoms with van der Waals surface area (Å²) in [5, 5.41) is 18.0. The molecule has 11 heteroatoms. The molecule has 168 valence electrons. The molecule has 0 fully saturated rings. The Kier molecular flexibility index (Phi) is 13.2. The van der Waals surface area contributed by atoms with Crippen LogP contribution in [0.3, 0.4) is 0 Å². The van der Waals surface area contributed by atoms with Gasteiger partial charge in [-0.25, -0.2) is 14.4 Å². The van der Waals surface area contributed by atoms with E-state index in [-0.39, 0.29) is 31.8 Å². The summed E-state index contributed by atoms with van der Waals surface area (Å²) in [6.45, 7) is 7.82. The van der Waals surface area contributed by atoms with Crippen LogP contribution in [0.25, 0.3) is 0 Å². The monoisotopic (exact) mass is 430 g/mol. The largest absolute Gasteiger partial charge is 0.478 e. The Bertz CT molecular complexity index is 665. The number of esters is 4. The molecule has 2 N–H and O–H groups in total. The third-order valence-electron chi connectivity index (χ3n) is 3.30. The quantitative estimate of drug-likeness (QED) is 0.123. The Balaban J connectivity index is 3.78. The Morgan fingerprint density at radius 2 is 1.50 bits per heavy atom. The van der Waals surface area contributed by atoms with Crippen LogP contribution in [0, 0.1) is 0 Å². The standard InChI is InChI=1S/C19H26O11/c1-12(2)17(24)29-10-9-27-14(20)7-5-4-6-8-28-18(25)19(26)30-15(21)11-13(3)16(22)23/h19,26H,1,3-11H2,2H3,(H,22,23). The number of rotatable bonds is 15. The maximum Gasteiger partial charge on any atom is 0.376 e. The van der Waals surface area contributed by atoms with Gasteiger partial charge in [-0.3, -0.25) is 9.59 Å². The Morgan fingerprint density at radius 1 is 0.867 bits per heavy atom. The van der Waals surface area contributed by atoms with E-state index in [9.17, 15) is 29.1 Å². The molecular weight excluding hydrogens is 404 g/mol. The molecule has 0 saturated carbocycles. The molecule has 0 aromatic rings. The van der Waals surface area contributed by atoms with Crippen molar-refractivity contribution in [1.82, 2.24) is 0 Å². The molecule has 0 radical (unpaired) electrons. The SMILES string of the molecule is C=C(C)C(=O)OCCOC(=O)CCCCCOC(=O)C(O)OC(=O)CC(=C)C(=O)O. The molecule has 1 unspecified atom stereocenters. The summed E-state index contributed by atoms with van der Waals surface area (Å²) in [6, 6.07) is 0. The first-order chi connectivity index (χ1) is 14.0. The number of aliphatic carboxylic acids is 1. The first kappa shape index (κ1) is 26.8. The number of carboxylic acid groups (broad SMARTS) is 1. The van der Waals surface area contributed by atoms with Crippen LogP contribution in [0.15, 0.2) is 24.3 Å². The predicted octanol–water partition coefficient (Wildman–Crippen LogP) is 0.645. The van der Waals surface area contributed by atoms with Crippen molar-refractivity contribution < 1.29 is 53.1 Å². The minimum Gasteiger partial charge on any atom is -0.478 e. The van der Waals surface area contributed by atoms with Gasteiger partial charge in [-0.15, -0.1) is 0 Å². The molecule has 30 heavy (non-hydrogen) atoms.